The number of hydrogen-bond donors (Lipinski definition) is 2. The lowest BCUT2D eigenvalue weighted by Gasteiger charge is -2.09. The summed E-state index contributed by atoms with van der Waals surface area (Å²) in [7, 11) is 0. The van der Waals surface area contributed by atoms with Crippen molar-refractivity contribution in [1.29, 1.82) is 0 Å². The molecule has 32 heavy (non-hydrogen) atoms. The van der Waals surface area contributed by atoms with E-state index in [1.54, 1.807) is 6.07 Å². The van der Waals surface area contributed by atoms with Gasteiger partial charge in [0.1, 0.15) is 28.4 Å². The standard InChI is InChI=1S/C15H13ClN2O.C9H9ClN2O/c16-12-3-1-2-10(8-12)14-5-4-11-9-13(19)6-7-17-15(11)18-14;10-8-2-1-6-5-7(13)3-4-11-9(6)12-8/h1-5,8H,6-7,9H2,(H,17,18);1-2H,3-5H2,(H,11,12). The van der Waals surface area contributed by atoms with Crippen molar-refractivity contribution in [3.8, 4) is 11.3 Å². The number of pyridine rings is 2. The summed E-state index contributed by atoms with van der Waals surface area (Å²) in [6.45, 7) is 1.30. The smallest absolute Gasteiger partial charge is 0.139 e. The molecule has 0 unspecified atom stereocenters. The SMILES string of the molecule is O=C1CCNc2nc(-c3cccc(Cl)c3)ccc2C1.O=C1CCNc2nc(Cl)ccc2C1. The van der Waals surface area contributed by atoms with Crippen molar-refractivity contribution >= 4 is 46.4 Å². The molecule has 8 heteroatoms. The molecule has 2 aromatic heterocycles. The number of rotatable bonds is 1. The van der Waals surface area contributed by atoms with Crippen molar-refractivity contribution in [3.63, 3.8) is 0 Å². The van der Waals surface area contributed by atoms with Gasteiger partial charge in [-0.3, -0.25) is 9.59 Å². The minimum atomic E-state index is 0.246. The summed E-state index contributed by atoms with van der Waals surface area (Å²) in [5, 5.41) is 7.45. The minimum absolute atomic E-state index is 0.246. The van der Waals surface area contributed by atoms with Gasteiger partial charge in [0, 0.05) is 60.5 Å². The number of halogens is 2. The van der Waals surface area contributed by atoms with E-state index < -0.39 is 0 Å². The van der Waals surface area contributed by atoms with Gasteiger partial charge in [0.2, 0.25) is 0 Å². The van der Waals surface area contributed by atoms with Crippen LogP contribution in [-0.2, 0) is 22.4 Å². The summed E-state index contributed by atoms with van der Waals surface area (Å²) in [6, 6.07) is 15.1. The van der Waals surface area contributed by atoms with Gasteiger partial charge in [-0.2, -0.15) is 0 Å². The first-order valence-electron chi connectivity index (χ1n) is 10.4. The largest absolute Gasteiger partial charge is 0.369 e. The van der Waals surface area contributed by atoms with Crippen LogP contribution < -0.4 is 10.6 Å². The third-order valence-corrected chi connectivity index (χ3v) is 5.66. The van der Waals surface area contributed by atoms with Crippen LogP contribution in [0.1, 0.15) is 24.0 Å². The van der Waals surface area contributed by atoms with Crippen LogP contribution in [0.5, 0.6) is 0 Å². The van der Waals surface area contributed by atoms with E-state index in [9.17, 15) is 9.59 Å². The average molecular weight is 469 g/mol. The Hall–Kier alpha value is -2.96. The van der Waals surface area contributed by atoms with Crippen molar-refractivity contribution in [3.05, 3.63) is 69.8 Å². The summed E-state index contributed by atoms with van der Waals surface area (Å²) in [5.74, 6) is 2.06. The summed E-state index contributed by atoms with van der Waals surface area (Å²) in [5.41, 5.74) is 3.75. The fraction of sp³-hybridized carbons (Fsp3) is 0.250. The number of anilines is 2. The maximum absolute atomic E-state index is 11.6. The molecule has 4 heterocycles. The van der Waals surface area contributed by atoms with Crippen molar-refractivity contribution < 1.29 is 9.59 Å². The lowest BCUT2D eigenvalue weighted by Crippen LogP contribution is -2.04. The second-order valence-electron chi connectivity index (χ2n) is 7.64. The molecular formula is C24H22Cl2N4O2. The van der Waals surface area contributed by atoms with Gasteiger partial charge in [0.25, 0.3) is 0 Å². The van der Waals surface area contributed by atoms with Crippen LogP contribution in [0.15, 0.2) is 48.5 Å². The Labute approximate surface area is 196 Å². The number of carbonyl (C=O) groups excluding carboxylic acids is 2. The number of benzene rings is 1. The highest BCUT2D eigenvalue weighted by Crippen LogP contribution is 2.26. The highest BCUT2D eigenvalue weighted by atomic mass is 35.5. The zero-order valence-corrected chi connectivity index (χ0v) is 18.8. The summed E-state index contributed by atoms with van der Waals surface area (Å²) in [4.78, 5) is 31.5. The first kappa shape index (κ1) is 22.2. The zero-order valence-electron chi connectivity index (χ0n) is 17.3. The normalized spacial score (nSPS) is 15.1. The van der Waals surface area contributed by atoms with Gasteiger partial charge in [-0.1, -0.05) is 47.5 Å². The molecule has 5 rings (SSSR count). The van der Waals surface area contributed by atoms with Crippen molar-refractivity contribution in [2.45, 2.75) is 25.7 Å². The molecule has 2 N–H and O–H groups in total. The average Bonchev–Trinajstić information content (AvgIpc) is 3.07. The quantitative estimate of drug-likeness (QED) is 0.489. The predicted octanol–water partition coefficient (Wildman–Crippen LogP) is 4.99. The number of nitrogens with one attached hydrogen (secondary N) is 2. The van der Waals surface area contributed by atoms with Crippen molar-refractivity contribution in [1.82, 2.24) is 9.97 Å². The van der Waals surface area contributed by atoms with E-state index in [0.717, 1.165) is 34.0 Å². The molecule has 0 radical (unpaired) electrons. The summed E-state index contributed by atoms with van der Waals surface area (Å²) < 4.78 is 0. The first-order valence-corrected chi connectivity index (χ1v) is 11.2. The van der Waals surface area contributed by atoms with E-state index in [1.807, 2.05) is 42.5 Å². The first-order chi connectivity index (χ1) is 15.5. The molecule has 0 aliphatic carbocycles. The molecule has 0 atom stereocenters. The van der Waals surface area contributed by atoms with E-state index in [-0.39, 0.29) is 11.6 Å². The zero-order chi connectivity index (χ0) is 22.5. The van der Waals surface area contributed by atoms with Crippen molar-refractivity contribution in [2.75, 3.05) is 23.7 Å². The maximum Gasteiger partial charge on any atom is 0.139 e. The highest BCUT2D eigenvalue weighted by Gasteiger charge is 2.15. The fourth-order valence-corrected chi connectivity index (χ4v) is 3.93. The van der Waals surface area contributed by atoms with Crippen LogP contribution in [0.25, 0.3) is 11.3 Å². The lowest BCUT2D eigenvalue weighted by atomic mass is 10.1. The van der Waals surface area contributed by atoms with Crippen LogP contribution in [-0.4, -0.2) is 34.6 Å². The molecule has 0 amide bonds. The Morgan fingerprint density at radius 2 is 1.38 bits per heavy atom. The third-order valence-electron chi connectivity index (χ3n) is 5.21. The Bertz CT molecular complexity index is 1170. The minimum Gasteiger partial charge on any atom is -0.369 e. The molecule has 164 valence electrons. The lowest BCUT2D eigenvalue weighted by molar-refractivity contribution is -0.118. The summed E-state index contributed by atoms with van der Waals surface area (Å²) in [6.07, 6.45) is 2.05. The number of aromatic nitrogens is 2. The monoisotopic (exact) mass is 468 g/mol. The number of hydrogen-bond acceptors (Lipinski definition) is 6. The molecule has 0 saturated heterocycles. The number of nitrogens with zero attached hydrogens (tertiary/aromatic N) is 2. The highest BCUT2D eigenvalue weighted by molar-refractivity contribution is 6.30. The van der Waals surface area contributed by atoms with Gasteiger partial charge in [-0.25, -0.2) is 9.97 Å². The Morgan fingerprint density at radius 3 is 2.03 bits per heavy atom. The van der Waals surface area contributed by atoms with E-state index in [0.29, 0.717) is 48.9 Å². The topological polar surface area (TPSA) is 84.0 Å². The molecule has 0 saturated carbocycles. The molecule has 1 aromatic carbocycles. The Morgan fingerprint density at radius 1 is 0.750 bits per heavy atom. The molecule has 2 aliphatic heterocycles. The van der Waals surface area contributed by atoms with Crippen LogP contribution in [0.3, 0.4) is 0 Å². The fourth-order valence-electron chi connectivity index (χ4n) is 3.59. The van der Waals surface area contributed by atoms with E-state index in [2.05, 4.69) is 20.6 Å². The molecule has 0 bridgehead atoms. The van der Waals surface area contributed by atoms with Crippen LogP contribution in [0, 0.1) is 0 Å². The van der Waals surface area contributed by atoms with Crippen LogP contribution >= 0.6 is 23.2 Å². The molecule has 0 fully saturated rings. The number of Topliss-reactive ketones (excluding diaryl/α,β-unsaturated/α-hetero) is 2. The number of carbonyl (C=O) groups is 2. The molecule has 3 aromatic rings. The Kier molecular flexibility index (Phi) is 7.02. The van der Waals surface area contributed by atoms with Crippen molar-refractivity contribution in [2.24, 2.45) is 0 Å². The molecule has 2 aliphatic rings. The third kappa shape index (κ3) is 5.64. The van der Waals surface area contributed by atoms with Gasteiger partial charge in [0.05, 0.1) is 5.69 Å². The molecule has 6 nitrogen and oxygen atoms in total. The Balaban J connectivity index is 0.000000165. The van der Waals surface area contributed by atoms with Gasteiger partial charge in [-0.15, -0.1) is 0 Å². The van der Waals surface area contributed by atoms with Gasteiger partial charge >= 0.3 is 0 Å². The van der Waals surface area contributed by atoms with Gasteiger partial charge < -0.3 is 10.6 Å². The summed E-state index contributed by atoms with van der Waals surface area (Å²) >= 11 is 11.7. The van der Waals surface area contributed by atoms with E-state index >= 15 is 0 Å². The van der Waals surface area contributed by atoms with E-state index in [4.69, 9.17) is 23.2 Å². The predicted molar refractivity (Wildman–Crippen MR) is 128 cm³/mol. The van der Waals surface area contributed by atoms with Gasteiger partial charge in [0.15, 0.2) is 0 Å². The van der Waals surface area contributed by atoms with Gasteiger partial charge in [-0.05, 0) is 24.3 Å². The maximum atomic E-state index is 11.6. The molecule has 0 spiro atoms. The molecular weight excluding hydrogens is 447 g/mol. The number of fused-ring (bicyclic) bond motifs is 2. The second kappa shape index (κ2) is 10.1. The van der Waals surface area contributed by atoms with Crippen LogP contribution in [0.4, 0.5) is 11.6 Å². The van der Waals surface area contributed by atoms with E-state index in [1.165, 1.54) is 0 Å². The van der Waals surface area contributed by atoms with Crippen LogP contribution in [0.2, 0.25) is 10.2 Å². The second-order valence-corrected chi connectivity index (χ2v) is 8.46. The number of ketones is 2.